The summed E-state index contributed by atoms with van der Waals surface area (Å²) in [6.45, 7) is 8.08. The van der Waals surface area contributed by atoms with E-state index in [0.717, 1.165) is 38.5 Å². The summed E-state index contributed by atoms with van der Waals surface area (Å²) in [5.74, 6) is 0.868. The van der Waals surface area contributed by atoms with Crippen LogP contribution in [0.25, 0.3) is 0 Å². The molecule has 4 rings (SSSR count). The van der Waals surface area contributed by atoms with Gasteiger partial charge in [-0.05, 0) is 87.4 Å². The zero-order valence-corrected chi connectivity index (χ0v) is 19.2. The molecule has 2 N–H and O–H groups in total. The lowest BCUT2D eigenvalue weighted by Gasteiger charge is -2.57. The second kappa shape index (κ2) is 7.29. The van der Waals surface area contributed by atoms with Crippen molar-refractivity contribution in [3.8, 4) is 0 Å². The first-order chi connectivity index (χ1) is 13.5. The monoisotopic (exact) mass is 424 g/mol. The van der Waals surface area contributed by atoms with E-state index in [1.165, 1.54) is 5.57 Å². The van der Waals surface area contributed by atoms with E-state index in [-0.39, 0.29) is 35.2 Å². The van der Waals surface area contributed by atoms with Gasteiger partial charge in [-0.1, -0.05) is 25.5 Å². The minimum Gasteiger partial charge on any atom is -0.393 e. The number of allylic oxidation sites excluding steroid dienone is 1. The standard InChI is InChI=1S/C23H37O5P/c1-5-28-29(26,27)20-13-19-17-7-6-15-12-16(25)8-10-22(15,3)18(17)9-11-23(19,4)21(20)14(2)24/h6,16-21,25H,5,7-13H2,1-4H3,(H,26,27)/t16-,17-,18+,19+,20-,21+,22+,23+/m1/s1. The average molecular weight is 425 g/mol. The third-order valence-corrected chi connectivity index (χ3v) is 11.3. The Morgan fingerprint density at radius 1 is 1.28 bits per heavy atom. The zero-order chi connectivity index (χ0) is 21.2. The number of fused-ring (bicyclic) bond motifs is 5. The molecule has 1 unspecified atom stereocenters. The Morgan fingerprint density at radius 2 is 2.00 bits per heavy atom. The maximum atomic E-state index is 13.0. The molecule has 0 amide bonds. The van der Waals surface area contributed by atoms with Crippen molar-refractivity contribution in [1.29, 1.82) is 0 Å². The first-order valence-electron chi connectivity index (χ1n) is 11.4. The maximum Gasteiger partial charge on any atom is 0.331 e. The highest BCUT2D eigenvalue weighted by Gasteiger charge is 2.65. The summed E-state index contributed by atoms with van der Waals surface area (Å²) in [4.78, 5) is 23.4. The van der Waals surface area contributed by atoms with Gasteiger partial charge in [0.15, 0.2) is 0 Å². The van der Waals surface area contributed by atoms with Crippen LogP contribution in [0.3, 0.4) is 0 Å². The third-order valence-electron chi connectivity index (χ3n) is 9.28. The van der Waals surface area contributed by atoms with E-state index < -0.39 is 19.2 Å². The minimum absolute atomic E-state index is 0.0338. The van der Waals surface area contributed by atoms with Crippen LogP contribution in [-0.2, 0) is 13.9 Å². The molecule has 0 heterocycles. The molecule has 6 heteroatoms. The van der Waals surface area contributed by atoms with E-state index >= 15 is 0 Å². The van der Waals surface area contributed by atoms with Crippen LogP contribution in [0.2, 0.25) is 0 Å². The average Bonchev–Trinajstić information content (AvgIpc) is 2.96. The molecule has 164 valence electrons. The Hall–Kier alpha value is -0.480. The van der Waals surface area contributed by atoms with E-state index in [1.54, 1.807) is 13.8 Å². The highest BCUT2D eigenvalue weighted by atomic mass is 31.2. The van der Waals surface area contributed by atoms with Gasteiger partial charge in [-0.25, -0.2) is 0 Å². The number of carbonyl (C=O) groups excluding carboxylic acids is 1. The van der Waals surface area contributed by atoms with Crippen LogP contribution in [0.4, 0.5) is 0 Å². The van der Waals surface area contributed by atoms with Gasteiger partial charge in [0.1, 0.15) is 5.78 Å². The van der Waals surface area contributed by atoms with Crippen LogP contribution >= 0.6 is 7.60 Å². The molecule has 0 bridgehead atoms. The van der Waals surface area contributed by atoms with Crippen molar-refractivity contribution in [3.05, 3.63) is 11.6 Å². The molecule has 0 aromatic heterocycles. The number of ketones is 1. The molecule has 3 saturated carbocycles. The Bertz CT molecular complexity index is 762. The second-order valence-electron chi connectivity index (χ2n) is 10.6. The number of aliphatic hydroxyl groups excluding tert-OH is 1. The highest BCUT2D eigenvalue weighted by molar-refractivity contribution is 7.53. The number of hydrogen-bond acceptors (Lipinski definition) is 4. The third kappa shape index (κ3) is 3.23. The SMILES string of the molecule is CCOP(=O)(O)[C@@H]1C[C@H]2[C@@H]3CC=C4C[C@H](O)CC[C@]4(C)[C@H]3CC[C@]2(C)[C@H]1C(C)=O. The summed E-state index contributed by atoms with van der Waals surface area (Å²) in [7, 11) is -3.84. The van der Waals surface area contributed by atoms with Gasteiger partial charge in [0.2, 0.25) is 0 Å². The summed E-state index contributed by atoms with van der Waals surface area (Å²) in [6, 6.07) is 0. The highest BCUT2D eigenvalue weighted by Crippen LogP contribution is 2.71. The summed E-state index contributed by atoms with van der Waals surface area (Å²) in [5, 5.41) is 10.2. The van der Waals surface area contributed by atoms with Crippen LogP contribution in [0.5, 0.6) is 0 Å². The van der Waals surface area contributed by atoms with Crippen LogP contribution in [0.1, 0.15) is 72.6 Å². The van der Waals surface area contributed by atoms with Crippen molar-refractivity contribution in [2.45, 2.75) is 84.4 Å². The Balaban J connectivity index is 1.70. The fourth-order valence-corrected chi connectivity index (χ4v) is 9.98. The molecule has 4 aliphatic carbocycles. The lowest BCUT2D eigenvalue weighted by atomic mass is 9.47. The fourth-order valence-electron chi connectivity index (χ4n) is 7.99. The quantitative estimate of drug-likeness (QED) is 0.504. The Morgan fingerprint density at radius 3 is 2.66 bits per heavy atom. The van der Waals surface area contributed by atoms with Crippen LogP contribution in [0.15, 0.2) is 11.6 Å². The lowest BCUT2D eigenvalue weighted by Crippen LogP contribution is -2.51. The largest absolute Gasteiger partial charge is 0.393 e. The number of carbonyl (C=O) groups is 1. The number of aliphatic hydroxyl groups is 1. The molecule has 4 aliphatic rings. The first kappa shape index (κ1) is 21.7. The van der Waals surface area contributed by atoms with Crippen molar-refractivity contribution in [3.63, 3.8) is 0 Å². The predicted molar refractivity (Wildman–Crippen MR) is 113 cm³/mol. The van der Waals surface area contributed by atoms with Crippen molar-refractivity contribution < 1.29 is 23.9 Å². The Kier molecular flexibility index (Phi) is 5.47. The van der Waals surface area contributed by atoms with E-state index in [9.17, 15) is 19.4 Å². The molecule has 29 heavy (non-hydrogen) atoms. The van der Waals surface area contributed by atoms with Crippen molar-refractivity contribution in [2.24, 2.45) is 34.5 Å². The topological polar surface area (TPSA) is 83.8 Å². The van der Waals surface area contributed by atoms with E-state index in [0.29, 0.717) is 18.3 Å². The van der Waals surface area contributed by atoms with Gasteiger partial charge in [-0.3, -0.25) is 9.36 Å². The van der Waals surface area contributed by atoms with E-state index in [2.05, 4.69) is 19.9 Å². The van der Waals surface area contributed by atoms with Gasteiger partial charge >= 0.3 is 7.60 Å². The van der Waals surface area contributed by atoms with Crippen LogP contribution in [0, 0.1) is 34.5 Å². The minimum atomic E-state index is -3.84. The molecule has 0 aromatic carbocycles. The fraction of sp³-hybridized carbons (Fsp3) is 0.870. The van der Waals surface area contributed by atoms with Crippen LogP contribution in [-0.4, -0.2) is 34.2 Å². The van der Waals surface area contributed by atoms with E-state index in [4.69, 9.17) is 4.52 Å². The summed E-state index contributed by atoms with van der Waals surface area (Å²) in [6.07, 6.45) is 8.35. The number of hydrogen-bond donors (Lipinski definition) is 2. The molecule has 5 nitrogen and oxygen atoms in total. The van der Waals surface area contributed by atoms with Crippen molar-refractivity contribution in [1.82, 2.24) is 0 Å². The molecular weight excluding hydrogens is 387 g/mol. The summed E-state index contributed by atoms with van der Waals surface area (Å²) in [5.41, 5.74) is 0.722. The van der Waals surface area contributed by atoms with Gasteiger partial charge in [-0.2, -0.15) is 0 Å². The molecule has 3 fully saturated rings. The molecule has 0 aromatic rings. The van der Waals surface area contributed by atoms with Crippen molar-refractivity contribution >= 4 is 13.4 Å². The second-order valence-corrected chi connectivity index (χ2v) is 12.6. The van der Waals surface area contributed by atoms with Gasteiger partial charge in [-0.15, -0.1) is 0 Å². The first-order valence-corrected chi connectivity index (χ1v) is 13.0. The molecular formula is C23H37O5P. The molecule has 0 saturated heterocycles. The van der Waals surface area contributed by atoms with Gasteiger partial charge in [0.05, 0.1) is 18.4 Å². The van der Waals surface area contributed by atoms with Gasteiger partial charge < -0.3 is 14.5 Å². The van der Waals surface area contributed by atoms with Crippen molar-refractivity contribution in [2.75, 3.05) is 6.61 Å². The zero-order valence-electron chi connectivity index (χ0n) is 18.3. The molecule has 9 atom stereocenters. The van der Waals surface area contributed by atoms with E-state index in [1.807, 2.05) is 0 Å². The normalized spacial score (nSPS) is 48.7. The smallest absolute Gasteiger partial charge is 0.331 e. The van der Waals surface area contributed by atoms with Gasteiger partial charge in [0.25, 0.3) is 0 Å². The number of rotatable bonds is 4. The lowest BCUT2D eigenvalue weighted by molar-refractivity contribution is -0.127. The maximum absolute atomic E-state index is 13.0. The van der Waals surface area contributed by atoms with Crippen LogP contribution < -0.4 is 0 Å². The molecule has 0 spiro atoms. The Labute approximate surface area is 174 Å². The molecule has 0 radical (unpaired) electrons. The number of Topliss-reactive ketones (excluding diaryl/α,β-unsaturated/α-hetero) is 1. The summed E-state index contributed by atoms with van der Waals surface area (Å²) >= 11 is 0. The van der Waals surface area contributed by atoms with Gasteiger partial charge in [0, 0.05) is 5.92 Å². The summed E-state index contributed by atoms with van der Waals surface area (Å²) < 4.78 is 18.4. The predicted octanol–water partition coefficient (Wildman–Crippen LogP) is 4.72. The molecule has 0 aliphatic heterocycles.